The van der Waals surface area contributed by atoms with E-state index in [1.54, 1.807) is 24.4 Å². The molecule has 1 aromatic heterocycles. The van der Waals surface area contributed by atoms with Gasteiger partial charge in [0.05, 0.1) is 5.69 Å². The maximum absolute atomic E-state index is 8.73. The molecule has 0 spiro atoms. The molecule has 0 aliphatic heterocycles. The van der Waals surface area contributed by atoms with Crippen LogP contribution in [0.2, 0.25) is 0 Å². The lowest BCUT2D eigenvalue weighted by Crippen LogP contribution is -1.89. The van der Waals surface area contributed by atoms with Crippen molar-refractivity contribution in [2.24, 2.45) is 0 Å². The van der Waals surface area contributed by atoms with Crippen LogP contribution in [0.4, 0.5) is 0 Å². The van der Waals surface area contributed by atoms with Gasteiger partial charge >= 0.3 is 0 Å². The third kappa shape index (κ3) is 1.66. The molecule has 0 saturated heterocycles. The normalized spacial score (nSPS) is 13.1. The van der Waals surface area contributed by atoms with E-state index in [1.165, 1.54) is 0 Å². The van der Waals surface area contributed by atoms with E-state index >= 15 is 0 Å². The quantitative estimate of drug-likeness (QED) is 0.602. The summed E-state index contributed by atoms with van der Waals surface area (Å²) < 4.78 is 0. The number of rotatable bonds is 1. The fourth-order valence-corrected chi connectivity index (χ4v) is 0.646. The first kappa shape index (κ1) is 6.52. The summed E-state index contributed by atoms with van der Waals surface area (Å²) in [5, 5.41) is 8.73. The minimum absolute atomic E-state index is 0.485. The summed E-state index contributed by atoms with van der Waals surface area (Å²) in [6.45, 7) is 0. The summed E-state index contributed by atoms with van der Waals surface area (Å²) in [6.07, 6.45) is 1.58. The van der Waals surface area contributed by atoms with Crippen molar-refractivity contribution in [1.82, 2.24) is 4.98 Å². The number of nitrogens with zero attached hydrogens (tertiary/aromatic N) is 1. The largest absolute Gasteiger partial charge is 0.372 e. The van der Waals surface area contributed by atoms with Crippen molar-refractivity contribution in [2.75, 3.05) is 0 Å². The van der Waals surface area contributed by atoms with Gasteiger partial charge in [-0.1, -0.05) is 17.7 Å². The Labute approximate surface area is 58.1 Å². The van der Waals surface area contributed by atoms with Gasteiger partial charge < -0.3 is 5.11 Å². The van der Waals surface area contributed by atoms with E-state index in [9.17, 15) is 0 Å². The number of aliphatic hydroxyl groups is 1. The second kappa shape index (κ2) is 2.80. The molecule has 0 aliphatic carbocycles. The zero-order valence-corrected chi connectivity index (χ0v) is 5.42. The molecule has 1 N–H and O–H groups in total. The third-order valence-electron chi connectivity index (χ3n) is 0.932. The zero-order chi connectivity index (χ0) is 6.69. The molecule has 9 heavy (non-hydrogen) atoms. The van der Waals surface area contributed by atoms with Crippen LogP contribution in [-0.4, -0.2) is 10.1 Å². The molecular weight excluding hydrogens is 138 g/mol. The first-order valence-corrected chi connectivity index (χ1v) is 2.97. The van der Waals surface area contributed by atoms with Gasteiger partial charge in [0.1, 0.15) is 0 Å². The Balaban J connectivity index is 2.85. The van der Waals surface area contributed by atoms with Gasteiger partial charge in [0.25, 0.3) is 0 Å². The molecule has 0 aliphatic rings. The van der Waals surface area contributed by atoms with Crippen LogP contribution in [0.25, 0.3) is 0 Å². The minimum atomic E-state index is -0.980. The Hall–Kier alpha value is -0.600. The van der Waals surface area contributed by atoms with E-state index in [4.69, 9.17) is 16.7 Å². The number of aliphatic hydroxyl groups excluding tert-OH is 1. The number of hydrogen-bond acceptors (Lipinski definition) is 2. The highest BCUT2D eigenvalue weighted by Crippen LogP contribution is 2.11. The Morgan fingerprint density at radius 1 is 1.56 bits per heavy atom. The fourth-order valence-electron chi connectivity index (χ4n) is 0.517. The second-order valence-electron chi connectivity index (χ2n) is 1.59. The fraction of sp³-hybridized carbons (Fsp3) is 0.167. The van der Waals surface area contributed by atoms with Gasteiger partial charge in [-0.15, -0.1) is 0 Å². The molecule has 48 valence electrons. The molecule has 0 saturated carbocycles. The second-order valence-corrected chi connectivity index (χ2v) is 2.00. The Kier molecular flexibility index (Phi) is 2.03. The number of pyridine rings is 1. The lowest BCUT2D eigenvalue weighted by molar-refractivity contribution is 0.258. The number of aromatic nitrogens is 1. The minimum Gasteiger partial charge on any atom is -0.372 e. The maximum atomic E-state index is 8.73. The molecular formula is C6H6ClNO. The molecule has 0 bridgehead atoms. The van der Waals surface area contributed by atoms with Crippen LogP contribution in [0.3, 0.4) is 0 Å². The van der Waals surface area contributed by atoms with Gasteiger partial charge in [0, 0.05) is 6.20 Å². The van der Waals surface area contributed by atoms with Crippen LogP contribution in [0.15, 0.2) is 24.4 Å². The zero-order valence-electron chi connectivity index (χ0n) is 4.66. The predicted octanol–water partition coefficient (Wildman–Crippen LogP) is 1.31. The molecule has 1 unspecified atom stereocenters. The number of alkyl halides is 1. The van der Waals surface area contributed by atoms with Crippen molar-refractivity contribution in [3.63, 3.8) is 0 Å². The van der Waals surface area contributed by atoms with E-state index in [-0.39, 0.29) is 0 Å². The standard InChI is InChI=1S/C6H6ClNO/c7-6(9)5-3-1-2-4-8-5/h1-4,6,9H. The SMILES string of the molecule is OC(Cl)c1ccccn1. The smallest absolute Gasteiger partial charge is 0.170 e. The molecule has 3 heteroatoms. The van der Waals surface area contributed by atoms with E-state index in [1.807, 2.05) is 0 Å². The van der Waals surface area contributed by atoms with Gasteiger partial charge in [-0.2, -0.15) is 0 Å². The highest BCUT2D eigenvalue weighted by molar-refractivity contribution is 6.19. The summed E-state index contributed by atoms with van der Waals surface area (Å²) in [5.74, 6) is 0. The lowest BCUT2D eigenvalue weighted by Gasteiger charge is -1.97. The molecule has 1 heterocycles. The highest BCUT2D eigenvalue weighted by Gasteiger charge is 1.99. The van der Waals surface area contributed by atoms with E-state index in [0.29, 0.717) is 5.69 Å². The first-order valence-electron chi connectivity index (χ1n) is 2.54. The molecule has 0 amide bonds. The predicted molar refractivity (Wildman–Crippen MR) is 35.0 cm³/mol. The Bertz CT molecular complexity index is 176. The lowest BCUT2D eigenvalue weighted by atomic mass is 10.4. The summed E-state index contributed by atoms with van der Waals surface area (Å²) in [6, 6.07) is 5.20. The monoisotopic (exact) mass is 143 g/mol. The molecule has 1 atom stereocenters. The van der Waals surface area contributed by atoms with Gasteiger partial charge in [0.15, 0.2) is 5.56 Å². The van der Waals surface area contributed by atoms with Crippen LogP contribution >= 0.6 is 11.6 Å². The average Bonchev–Trinajstić information content (AvgIpc) is 1.90. The summed E-state index contributed by atoms with van der Waals surface area (Å²) in [4.78, 5) is 3.80. The highest BCUT2D eigenvalue weighted by atomic mass is 35.5. The van der Waals surface area contributed by atoms with Gasteiger partial charge in [-0.05, 0) is 12.1 Å². The van der Waals surface area contributed by atoms with E-state index < -0.39 is 5.56 Å². The molecule has 0 aromatic carbocycles. The van der Waals surface area contributed by atoms with Crippen molar-refractivity contribution in [1.29, 1.82) is 0 Å². The Morgan fingerprint density at radius 3 is 2.67 bits per heavy atom. The summed E-state index contributed by atoms with van der Waals surface area (Å²) in [5.41, 5.74) is -0.495. The Morgan fingerprint density at radius 2 is 2.33 bits per heavy atom. The third-order valence-corrected chi connectivity index (χ3v) is 1.16. The van der Waals surface area contributed by atoms with Crippen molar-refractivity contribution >= 4 is 11.6 Å². The molecule has 1 aromatic rings. The molecule has 0 radical (unpaired) electrons. The van der Waals surface area contributed by atoms with Crippen LogP contribution in [-0.2, 0) is 0 Å². The number of halogens is 1. The van der Waals surface area contributed by atoms with Gasteiger partial charge in [-0.25, -0.2) is 0 Å². The molecule has 2 nitrogen and oxygen atoms in total. The maximum Gasteiger partial charge on any atom is 0.170 e. The van der Waals surface area contributed by atoms with Gasteiger partial charge in [-0.3, -0.25) is 4.98 Å². The van der Waals surface area contributed by atoms with Crippen molar-refractivity contribution < 1.29 is 5.11 Å². The number of hydrogen-bond donors (Lipinski definition) is 1. The first-order chi connectivity index (χ1) is 4.30. The van der Waals surface area contributed by atoms with Crippen molar-refractivity contribution in [3.05, 3.63) is 30.1 Å². The van der Waals surface area contributed by atoms with Crippen molar-refractivity contribution in [2.45, 2.75) is 5.56 Å². The van der Waals surface area contributed by atoms with Crippen LogP contribution in [0.1, 0.15) is 11.3 Å². The van der Waals surface area contributed by atoms with Crippen molar-refractivity contribution in [3.8, 4) is 0 Å². The van der Waals surface area contributed by atoms with Crippen LogP contribution in [0, 0.1) is 0 Å². The van der Waals surface area contributed by atoms with Crippen LogP contribution in [0.5, 0.6) is 0 Å². The van der Waals surface area contributed by atoms with E-state index in [0.717, 1.165) is 0 Å². The summed E-state index contributed by atoms with van der Waals surface area (Å²) >= 11 is 5.30. The van der Waals surface area contributed by atoms with E-state index in [2.05, 4.69) is 4.98 Å². The topological polar surface area (TPSA) is 33.1 Å². The molecule has 0 fully saturated rings. The van der Waals surface area contributed by atoms with Gasteiger partial charge in [0.2, 0.25) is 0 Å². The molecule has 1 rings (SSSR count). The summed E-state index contributed by atoms with van der Waals surface area (Å²) in [7, 11) is 0. The van der Waals surface area contributed by atoms with Crippen LogP contribution < -0.4 is 0 Å². The average molecular weight is 144 g/mol.